The Hall–Kier alpha value is -4.22. The minimum absolute atomic E-state index is 0. The number of nitrogens with zero attached hydrogens (tertiary/aromatic N) is 1. The largest absolute Gasteiger partial charge is 1.00 e. The average Bonchev–Trinajstić information content (AvgIpc) is 3.17. The zero-order valence-corrected chi connectivity index (χ0v) is 30.2. The molecule has 5 atom stereocenters. The van der Waals surface area contributed by atoms with E-state index in [9.17, 15) is 47.9 Å². The number of carbonyl (C=O) groups is 10. The van der Waals surface area contributed by atoms with Gasteiger partial charge in [0.25, 0.3) is 0 Å². The van der Waals surface area contributed by atoms with Crippen LogP contribution in [0.3, 0.4) is 0 Å². The number of imide groups is 1. The van der Waals surface area contributed by atoms with Crippen LogP contribution in [0.5, 0.6) is 0 Å². The fraction of sp³-hybridized carbons (Fsp3) is 0.630. The zero-order chi connectivity index (χ0) is 38.2. The molecule has 1 fully saturated rings. The topological polar surface area (TPSA) is 401 Å². The van der Waals surface area contributed by atoms with Crippen LogP contribution >= 0.6 is 0 Å². The first-order chi connectivity index (χ1) is 21.3. The summed E-state index contributed by atoms with van der Waals surface area (Å²) in [5, 5.41) is 53.4. The Morgan fingerprint density at radius 1 is 0.720 bits per heavy atom. The Balaban J connectivity index is -0.0000000911. The summed E-state index contributed by atoms with van der Waals surface area (Å²) in [6.07, 6.45) is -0.745. The van der Waals surface area contributed by atoms with Crippen LogP contribution < -0.4 is 51.7 Å². The zero-order valence-electron chi connectivity index (χ0n) is 28.2. The molecule has 1 heterocycles. The van der Waals surface area contributed by atoms with Crippen molar-refractivity contribution in [3.63, 3.8) is 0 Å². The first kappa shape index (κ1) is 61.0. The molecule has 4 amide bonds. The van der Waals surface area contributed by atoms with E-state index in [4.69, 9.17) is 42.1 Å². The van der Waals surface area contributed by atoms with E-state index in [-0.39, 0.29) is 84.8 Å². The van der Waals surface area contributed by atoms with Crippen LogP contribution in [0.1, 0.15) is 60.3 Å². The number of aliphatic carboxylic acids is 6. The van der Waals surface area contributed by atoms with E-state index in [1.807, 2.05) is 0 Å². The number of hydrogen-bond donors (Lipinski definition) is 10. The van der Waals surface area contributed by atoms with Gasteiger partial charge in [0, 0.05) is 45.8 Å². The number of carboxylic acids is 6. The predicted molar refractivity (Wildman–Crippen MR) is 167 cm³/mol. The fourth-order valence-electron chi connectivity index (χ4n) is 2.56. The van der Waals surface area contributed by atoms with E-state index < -0.39 is 72.6 Å². The summed E-state index contributed by atoms with van der Waals surface area (Å²) in [6, 6.07) is -2.58. The summed E-state index contributed by atoms with van der Waals surface area (Å²) in [4.78, 5) is 103. The molecule has 1 rings (SSSR count). The van der Waals surface area contributed by atoms with E-state index in [0.717, 1.165) is 0 Å². The van der Waals surface area contributed by atoms with Crippen LogP contribution in [0.2, 0.25) is 0 Å². The van der Waals surface area contributed by atoms with Crippen LogP contribution in [0.15, 0.2) is 0 Å². The summed E-state index contributed by atoms with van der Waals surface area (Å²) in [5.41, 5.74) is 9.67. The molecule has 1 saturated heterocycles. The molecule has 13 N–H and O–H groups in total. The molecule has 0 aromatic rings. The van der Waals surface area contributed by atoms with Crippen molar-refractivity contribution in [3.8, 4) is 0 Å². The molecular weight excluding hydrogens is 689 g/mol. The summed E-state index contributed by atoms with van der Waals surface area (Å²) in [5.74, 6) is -8.61. The molecule has 5 unspecified atom stereocenters. The van der Waals surface area contributed by atoms with E-state index in [0.29, 0.717) is 6.42 Å². The fourth-order valence-corrected chi connectivity index (χ4v) is 2.56. The number of rotatable bonds is 12. The second-order valence-corrected chi connectivity index (χ2v) is 9.71. The van der Waals surface area contributed by atoms with Crippen molar-refractivity contribution in [1.82, 2.24) is 15.5 Å². The molecule has 286 valence electrons. The van der Waals surface area contributed by atoms with Gasteiger partial charge in [-0.1, -0.05) is 28.2 Å². The van der Waals surface area contributed by atoms with Gasteiger partial charge in [-0.3, -0.25) is 52.8 Å². The third kappa shape index (κ3) is 35.1. The number of carbonyl (C=O) groups excluding carboxylic acids is 4. The van der Waals surface area contributed by atoms with Crippen molar-refractivity contribution in [3.05, 3.63) is 0 Å². The summed E-state index contributed by atoms with van der Waals surface area (Å²) in [7, 11) is 4.49. The second kappa shape index (κ2) is 33.3. The summed E-state index contributed by atoms with van der Waals surface area (Å²) >= 11 is 0. The van der Waals surface area contributed by atoms with Crippen molar-refractivity contribution in [2.75, 3.05) is 21.1 Å². The molecular formula is C27H50N5NaO17. The van der Waals surface area contributed by atoms with Crippen molar-refractivity contribution in [2.45, 2.75) is 72.4 Å². The van der Waals surface area contributed by atoms with Crippen molar-refractivity contribution >= 4 is 59.4 Å². The van der Waals surface area contributed by atoms with E-state index in [2.05, 4.69) is 10.6 Å². The van der Waals surface area contributed by atoms with Crippen LogP contribution in [-0.2, 0) is 47.9 Å². The van der Waals surface area contributed by atoms with Crippen molar-refractivity contribution in [1.29, 1.82) is 0 Å². The minimum atomic E-state index is -1.29. The maximum atomic E-state index is 10.8. The molecule has 0 bridgehead atoms. The van der Waals surface area contributed by atoms with Crippen molar-refractivity contribution in [2.24, 2.45) is 29.2 Å². The Kier molecular flexibility index (Phi) is 40.6. The van der Waals surface area contributed by atoms with Gasteiger partial charge in [-0.25, -0.2) is 0 Å². The number of hydrogen-bond acceptors (Lipinski definition) is 13. The van der Waals surface area contributed by atoms with Gasteiger partial charge in [-0.05, 0) is 0 Å². The maximum absolute atomic E-state index is 10.8. The first-order valence-electron chi connectivity index (χ1n) is 13.4. The molecule has 0 saturated carbocycles. The van der Waals surface area contributed by atoms with Gasteiger partial charge < -0.3 is 58.2 Å². The van der Waals surface area contributed by atoms with Crippen LogP contribution in [0, 0.1) is 17.8 Å². The third-order valence-corrected chi connectivity index (χ3v) is 5.40. The van der Waals surface area contributed by atoms with Gasteiger partial charge in [-0.15, -0.1) is 0 Å². The molecule has 1 aliphatic rings. The van der Waals surface area contributed by atoms with E-state index >= 15 is 0 Å². The van der Waals surface area contributed by atoms with Gasteiger partial charge in [0.1, 0.15) is 12.1 Å². The number of likely N-dealkylation sites (tertiary alicyclic amines) is 1. The summed E-state index contributed by atoms with van der Waals surface area (Å²) < 4.78 is 0. The molecule has 1 aliphatic heterocycles. The monoisotopic (exact) mass is 739 g/mol. The number of nitrogens with two attached hydrogens (primary N) is 2. The molecule has 50 heavy (non-hydrogen) atoms. The normalized spacial score (nSPS) is 14.4. The van der Waals surface area contributed by atoms with Gasteiger partial charge in [-0.2, -0.15) is 0 Å². The second-order valence-electron chi connectivity index (χ2n) is 9.71. The first-order valence-corrected chi connectivity index (χ1v) is 13.4. The summed E-state index contributed by atoms with van der Waals surface area (Å²) in [6.45, 7) is 4.84. The molecule has 0 aliphatic carbocycles. The van der Waals surface area contributed by atoms with Crippen LogP contribution in [0.4, 0.5) is 0 Å². The Morgan fingerprint density at radius 2 is 1.08 bits per heavy atom. The van der Waals surface area contributed by atoms with Crippen molar-refractivity contribution < 1.29 is 114 Å². The average molecular weight is 740 g/mol. The molecule has 0 aromatic carbocycles. The number of amides is 4. The third-order valence-electron chi connectivity index (χ3n) is 5.40. The molecule has 0 spiro atoms. The Labute approximate surface area is 310 Å². The standard InChI is InChI=1S/2C6H11NO3.C6H9NO2.2C4H7NO4.CH4.Na.H2O/c1-4(3-5(8)9)6(10)7-2;1-4(6(9)10)3-5(8)7-2;1-4-3-5(8)7(2)6(4)9;2*5-2(4(8)9)1-3(6)7;;;/h4H,3H2,1-2H3,(H,7,10)(H,8,9);4H,3H2,1-2H3,(H,7,8)(H,9,10);4H,3H2,1-2H3;2*2H,1,5H2,(H,6,7)(H,8,9);1H4;;1H2/q;;;;;;+1;/p-1. The molecule has 0 aromatic heterocycles. The van der Waals surface area contributed by atoms with Gasteiger partial charge in [0.05, 0.1) is 25.2 Å². The number of carboxylic acid groups (broad SMARTS) is 6. The van der Waals surface area contributed by atoms with Gasteiger partial charge in [0.2, 0.25) is 23.6 Å². The maximum Gasteiger partial charge on any atom is 1.00 e. The van der Waals surface area contributed by atoms with Crippen LogP contribution in [0.25, 0.3) is 0 Å². The predicted octanol–water partition coefficient (Wildman–Crippen LogP) is -5.09. The quantitative estimate of drug-likeness (QED) is 0.0661. The molecule has 22 nitrogen and oxygen atoms in total. The molecule has 23 heteroatoms. The van der Waals surface area contributed by atoms with Crippen LogP contribution in [-0.4, -0.2) is 134 Å². The molecule has 0 radical (unpaired) electrons. The Bertz CT molecular complexity index is 1090. The van der Waals surface area contributed by atoms with E-state index in [1.165, 1.54) is 33.0 Å². The number of nitrogens with one attached hydrogen (secondary N) is 2. The SMILES string of the molecule is C.CC1CC(=O)N(C)C1=O.CNC(=O)C(C)CC(=O)O.CNC(=O)CC(C)C(=O)O.NC(CC(=O)O)C(=O)O.NC(CC(=O)O)C(=O)O.[Na+].[OH-]. The van der Waals surface area contributed by atoms with Gasteiger partial charge >= 0.3 is 65.4 Å². The van der Waals surface area contributed by atoms with Gasteiger partial charge in [0.15, 0.2) is 0 Å². The minimum Gasteiger partial charge on any atom is -0.870 e. The smallest absolute Gasteiger partial charge is 0.870 e. The van der Waals surface area contributed by atoms with E-state index in [1.54, 1.807) is 13.8 Å². The Morgan fingerprint density at radius 3 is 1.24 bits per heavy atom.